The predicted molar refractivity (Wildman–Crippen MR) is 159 cm³/mol. The van der Waals surface area contributed by atoms with Crippen molar-refractivity contribution in [3.63, 3.8) is 0 Å². The number of unbranched alkanes of at least 4 members (excludes halogenated alkanes) is 1. The number of nitrogens with one attached hydrogen (secondary N) is 1. The highest BCUT2D eigenvalue weighted by atomic mass is 127. The molecule has 3 atom stereocenters. The lowest BCUT2D eigenvalue weighted by atomic mass is 9.87. The molecule has 3 rings (SSSR count). The molecule has 0 heterocycles. The summed E-state index contributed by atoms with van der Waals surface area (Å²) < 4.78 is 12.3. The summed E-state index contributed by atoms with van der Waals surface area (Å²) in [6.07, 6.45) is 2.05. The highest BCUT2D eigenvalue weighted by Crippen LogP contribution is 2.37. The number of methoxy groups -OCH3 is 1. The first-order chi connectivity index (χ1) is 19.2. The number of rotatable bonds is 13. The third-order valence-electron chi connectivity index (χ3n) is 6.79. The average molecular weight is 665 g/mol. The Morgan fingerprint density at radius 1 is 1.23 bits per heavy atom. The number of ether oxygens (including phenoxy) is 2. The number of aldehydes is 1. The molecule has 2 amide bonds. The van der Waals surface area contributed by atoms with Gasteiger partial charge in [0, 0.05) is 37.1 Å². The summed E-state index contributed by atoms with van der Waals surface area (Å²) in [7, 11) is 1.45. The number of nitrogens with zero attached hydrogens (tertiary/aromatic N) is 1. The van der Waals surface area contributed by atoms with Crippen LogP contribution in [-0.2, 0) is 16.1 Å². The molecule has 40 heavy (non-hydrogen) atoms. The Hall–Kier alpha value is -2.96. The number of aliphatic hydroxyl groups excluding tert-OH is 2. The van der Waals surface area contributed by atoms with Gasteiger partial charge < -0.3 is 29.9 Å². The zero-order valence-corrected chi connectivity index (χ0v) is 25.2. The van der Waals surface area contributed by atoms with Gasteiger partial charge in [-0.05, 0) is 59.7 Å². The van der Waals surface area contributed by atoms with E-state index in [-0.39, 0.29) is 32.0 Å². The van der Waals surface area contributed by atoms with Gasteiger partial charge >= 0.3 is 0 Å². The van der Waals surface area contributed by atoms with E-state index in [0.717, 1.165) is 17.5 Å². The van der Waals surface area contributed by atoms with Crippen LogP contribution in [0.3, 0.4) is 0 Å². The Kier molecular flexibility index (Phi) is 12.0. The molecule has 1 aliphatic carbocycles. The molecule has 0 fully saturated rings. The van der Waals surface area contributed by atoms with Gasteiger partial charge in [-0.15, -0.1) is 0 Å². The van der Waals surface area contributed by atoms with Crippen molar-refractivity contribution in [2.75, 3.05) is 20.3 Å². The molecule has 9 nitrogen and oxygen atoms in total. The van der Waals surface area contributed by atoms with Gasteiger partial charge in [0.25, 0.3) is 0 Å². The first kappa shape index (κ1) is 31.6. The maximum absolute atomic E-state index is 13.5. The van der Waals surface area contributed by atoms with Gasteiger partial charge in [0.05, 0.1) is 23.3 Å². The van der Waals surface area contributed by atoms with Gasteiger partial charge in [0.15, 0.2) is 11.5 Å². The molecule has 3 N–H and O–H groups in total. The summed E-state index contributed by atoms with van der Waals surface area (Å²) in [5, 5.41) is 23.5. The Balaban J connectivity index is 2.03. The molecule has 0 saturated carbocycles. The van der Waals surface area contributed by atoms with Crippen LogP contribution in [0.5, 0.6) is 11.5 Å². The zero-order valence-electron chi connectivity index (χ0n) is 23.1. The molecular weight excluding hydrogens is 627 g/mol. The summed E-state index contributed by atoms with van der Waals surface area (Å²) in [5.74, 6) is 0.0873. The standard InChI is InChI=1S/C30H37IN2O7/c1-4-5-6-27(36)33(17-20-9-7-19(2)8-10-20)24-15-22(30(38)32-11-12-34)16-25(28(24)37)40-29-23(31)13-21(18-35)14-26(29)39-3/h7-10,13-14,16,18,24-25,28,34,37H,4-6,11-12,15,17H2,1-3H3,(H,32,38)/t24-,25+,28+/m1/s1. The van der Waals surface area contributed by atoms with Crippen LogP contribution in [0, 0.1) is 10.5 Å². The van der Waals surface area contributed by atoms with E-state index in [1.807, 2.05) is 60.7 Å². The minimum atomic E-state index is -1.17. The molecule has 2 aromatic carbocycles. The van der Waals surface area contributed by atoms with E-state index in [0.29, 0.717) is 45.3 Å². The first-order valence-corrected chi connectivity index (χ1v) is 14.4. The summed E-state index contributed by atoms with van der Waals surface area (Å²) in [4.78, 5) is 39.6. The molecular formula is C30H37IN2O7. The number of hydrogen-bond acceptors (Lipinski definition) is 7. The van der Waals surface area contributed by atoms with E-state index in [1.54, 1.807) is 17.0 Å². The molecule has 2 aromatic rings. The topological polar surface area (TPSA) is 125 Å². The number of amides is 2. The lowest BCUT2D eigenvalue weighted by Gasteiger charge is -2.41. The van der Waals surface area contributed by atoms with Crippen LogP contribution in [0.4, 0.5) is 0 Å². The summed E-state index contributed by atoms with van der Waals surface area (Å²) in [6, 6.07) is 10.3. The van der Waals surface area contributed by atoms with Crippen LogP contribution in [-0.4, -0.2) is 71.7 Å². The number of halogens is 1. The van der Waals surface area contributed by atoms with E-state index in [1.165, 1.54) is 13.2 Å². The Morgan fingerprint density at radius 3 is 2.58 bits per heavy atom. The second-order valence-corrected chi connectivity index (χ2v) is 10.9. The third kappa shape index (κ3) is 8.05. The number of hydrogen-bond donors (Lipinski definition) is 3. The van der Waals surface area contributed by atoms with Crippen molar-refractivity contribution in [1.29, 1.82) is 0 Å². The fourth-order valence-corrected chi connectivity index (χ4v) is 5.34. The second-order valence-electron chi connectivity index (χ2n) is 9.78. The van der Waals surface area contributed by atoms with Gasteiger partial charge in [0.1, 0.15) is 18.5 Å². The molecule has 0 spiro atoms. The van der Waals surface area contributed by atoms with Gasteiger partial charge in [-0.25, -0.2) is 0 Å². The minimum absolute atomic E-state index is 0.0658. The van der Waals surface area contributed by atoms with Crippen molar-refractivity contribution in [3.05, 3.63) is 68.3 Å². The van der Waals surface area contributed by atoms with Crippen molar-refractivity contribution >= 4 is 40.7 Å². The molecule has 0 unspecified atom stereocenters. The van der Waals surface area contributed by atoms with Crippen LogP contribution >= 0.6 is 22.6 Å². The van der Waals surface area contributed by atoms with Crippen molar-refractivity contribution in [2.24, 2.45) is 0 Å². The molecule has 0 bridgehead atoms. The van der Waals surface area contributed by atoms with Crippen LogP contribution in [0.1, 0.15) is 54.1 Å². The summed E-state index contributed by atoms with van der Waals surface area (Å²) in [6.45, 7) is 4.10. The SMILES string of the molecule is CCCCC(=O)N(Cc1ccc(C)cc1)[C@@H]1CC(C(=O)NCCO)=C[C@H](Oc2c(I)cc(C=O)cc2OC)[C@H]1O. The van der Waals surface area contributed by atoms with E-state index in [4.69, 9.17) is 9.47 Å². The highest BCUT2D eigenvalue weighted by molar-refractivity contribution is 14.1. The summed E-state index contributed by atoms with van der Waals surface area (Å²) in [5.41, 5.74) is 2.74. The predicted octanol–water partition coefficient (Wildman–Crippen LogP) is 3.56. The maximum atomic E-state index is 13.5. The molecule has 216 valence electrons. The van der Waals surface area contributed by atoms with Gasteiger partial charge in [-0.3, -0.25) is 14.4 Å². The van der Waals surface area contributed by atoms with Crippen LogP contribution in [0.15, 0.2) is 48.0 Å². The largest absolute Gasteiger partial charge is 0.493 e. The van der Waals surface area contributed by atoms with Crippen molar-refractivity contribution in [3.8, 4) is 11.5 Å². The number of carbonyl (C=O) groups excluding carboxylic acids is 3. The van der Waals surface area contributed by atoms with Gasteiger partial charge in [-0.1, -0.05) is 43.2 Å². The average Bonchev–Trinajstić information content (AvgIpc) is 2.96. The smallest absolute Gasteiger partial charge is 0.247 e. The van der Waals surface area contributed by atoms with Crippen LogP contribution in [0.2, 0.25) is 0 Å². The van der Waals surface area contributed by atoms with Crippen molar-refractivity contribution in [1.82, 2.24) is 10.2 Å². The Morgan fingerprint density at radius 2 is 1.95 bits per heavy atom. The van der Waals surface area contributed by atoms with E-state index >= 15 is 0 Å². The molecule has 0 saturated heterocycles. The molecule has 10 heteroatoms. The fraction of sp³-hybridized carbons (Fsp3) is 0.433. The van der Waals surface area contributed by atoms with Crippen molar-refractivity contribution < 1.29 is 34.1 Å². The van der Waals surface area contributed by atoms with Crippen LogP contribution < -0.4 is 14.8 Å². The number of benzene rings is 2. The fourth-order valence-electron chi connectivity index (χ4n) is 4.59. The quantitative estimate of drug-likeness (QED) is 0.221. The molecule has 0 radical (unpaired) electrons. The Labute approximate surface area is 248 Å². The highest BCUT2D eigenvalue weighted by Gasteiger charge is 2.40. The first-order valence-electron chi connectivity index (χ1n) is 13.3. The lowest BCUT2D eigenvalue weighted by Crippen LogP contribution is -2.54. The monoisotopic (exact) mass is 664 g/mol. The number of aryl methyl sites for hydroxylation is 1. The number of aliphatic hydroxyl groups is 2. The number of carbonyl (C=O) groups is 3. The second kappa shape index (κ2) is 15.2. The minimum Gasteiger partial charge on any atom is -0.493 e. The van der Waals surface area contributed by atoms with E-state index in [2.05, 4.69) is 5.32 Å². The van der Waals surface area contributed by atoms with E-state index < -0.39 is 24.2 Å². The van der Waals surface area contributed by atoms with E-state index in [9.17, 15) is 24.6 Å². The Bertz CT molecular complexity index is 1220. The van der Waals surface area contributed by atoms with Gasteiger partial charge in [0.2, 0.25) is 11.8 Å². The van der Waals surface area contributed by atoms with Crippen molar-refractivity contribution in [2.45, 2.75) is 64.3 Å². The molecule has 0 aliphatic heterocycles. The van der Waals surface area contributed by atoms with Crippen LogP contribution in [0.25, 0.3) is 0 Å². The normalized spacial score (nSPS) is 18.4. The molecule has 1 aliphatic rings. The maximum Gasteiger partial charge on any atom is 0.247 e. The summed E-state index contributed by atoms with van der Waals surface area (Å²) >= 11 is 2.02. The lowest BCUT2D eigenvalue weighted by molar-refractivity contribution is -0.139. The van der Waals surface area contributed by atoms with Gasteiger partial charge in [-0.2, -0.15) is 0 Å². The molecule has 0 aromatic heterocycles. The zero-order chi connectivity index (χ0) is 29.2. The third-order valence-corrected chi connectivity index (χ3v) is 7.60.